The van der Waals surface area contributed by atoms with E-state index in [2.05, 4.69) is 18.7 Å². The molecule has 0 saturated carbocycles. The van der Waals surface area contributed by atoms with Crippen LogP contribution in [0.15, 0.2) is 0 Å². The van der Waals surface area contributed by atoms with Gasteiger partial charge in [0, 0.05) is 38.6 Å². The Morgan fingerprint density at radius 3 is 2.87 bits per heavy atom. The Hall–Kier alpha value is -0.410. The van der Waals surface area contributed by atoms with Crippen molar-refractivity contribution in [3.05, 3.63) is 0 Å². The van der Waals surface area contributed by atoms with Crippen LogP contribution in [0.25, 0.3) is 0 Å². The second kappa shape index (κ2) is 4.62. The Kier molecular flexibility index (Phi) is 3.42. The number of Topliss-reactive ketones (excluding diaryl/α,β-unsaturated/α-hetero) is 1. The fourth-order valence-electron chi connectivity index (χ4n) is 2.64. The van der Waals surface area contributed by atoms with Crippen LogP contribution in [0.3, 0.4) is 0 Å². The molecule has 2 aliphatic rings. The third-order valence-corrected chi connectivity index (χ3v) is 3.83. The van der Waals surface area contributed by atoms with Crippen molar-refractivity contribution in [2.45, 2.75) is 45.3 Å². The maximum absolute atomic E-state index is 11.3. The van der Waals surface area contributed by atoms with E-state index in [-0.39, 0.29) is 0 Å². The minimum atomic E-state index is 0.398. The van der Waals surface area contributed by atoms with Gasteiger partial charge in [0.05, 0.1) is 6.10 Å². The highest BCUT2D eigenvalue weighted by Gasteiger charge is 2.30. The molecule has 2 rings (SSSR count). The molecule has 0 amide bonds. The molecule has 2 saturated heterocycles. The SMILES string of the molecule is CC1OCCC1CN1CCC(=O)CC1C. The number of carbonyl (C=O) groups is 1. The Bertz CT molecular complexity index is 242. The van der Waals surface area contributed by atoms with Crippen LogP contribution in [0, 0.1) is 5.92 Å². The fourth-order valence-corrected chi connectivity index (χ4v) is 2.64. The topological polar surface area (TPSA) is 29.5 Å². The van der Waals surface area contributed by atoms with Gasteiger partial charge in [-0.3, -0.25) is 9.69 Å². The lowest BCUT2D eigenvalue weighted by Crippen LogP contribution is -2.44. The second-order valence-electron chi connectivity index (χ2n) is 4.96. The predicted octanol–water partition coefficient (Wildman–Crippen LogP) is 1.46. The van der Waals surface area contributed by atoms with E-state index in [1.54, 1.807) is 0 Å². The average Bonchev–Trinajstić information content (AvgIpc) is 2.57. The molecular formula is C12H21NO2. The van der Waals surface area contributed by atoms with Crippen LogP contribution in [0.5, 0.6) is 0 Å². The van der Waals surface area contributed by atoms with Gasteiger partial charge in [0.2, 0.25) is 0 Å². The standard InChI is InChI=1S/C12H21NO2/c1-9-7-12(14)3-5-13(9)8-11-4-6-15-10(11)2/h9-11H,3-8H2,1-2H3. The van der Waals surface area contributed by atoms with Gasteiger partial charge < -0.3 is 4.74 Å². The average molecular weight is 211 g/mol. The first-order valence-electron chi connectivity index (χ1n) is 6.04. The summed E-state index contributed by atoms with van der Waals surface area (Å²) in [5.74, 6) is 1.09. The quantitative estimate of drug-likeness (QED) is 0.692. The summed E-state index contributed by atoms with van der Waals surface area (Å²) in [4.78, 5) is 13.7. The summed E-state index contributed by atoms with van der Waals surface area (Å²) in [7, 11) is 0. The minimum absolute atomic E-state index is 0.398. The number of hydrogen-bond donors (Lipinski definition) is 0. The van der Waals surface area contributed by atoms with E-state index in [9.17, 15) is 4.79 Å². The summed E-state index contributed by atoms with van der Waals surface area (Å²) in [5.41, 5.74) is 0. The summed E-state index contributed by atoms with van der Waals surface area (Å²) in [6.07, 6.45) is 3.06. The molecule has 2 heterocycles. The number of rotatable bonds is 2. The molecular weight excluding hydrogens is 190 g/mol. The van der Waals surface area contributed by atoms with Crippen LogP contribution < -0.4 is 0 Å². The molecule has 2 aliphatic heterocycles. The molecule has 0 aromatic heterocycles. The third kappa shape index (κ3) is 2.58. The van der Waals surface area contributed by atoms with Gasteiger partial charge in [-0.2, -0.15) is 0 Å². The summed E-state index contributed by atoms with van der Waals surface area (Å²) < 4.78 is 5.57. The predicted molar refractivity (Wildman–Crippen MR) is 58.8 cm³/mol. The van der Waals surface area contributed by atoms with Crippen molar-refractivity contribution in [3.8, 4) is 0 Å². The minimum Gasteiger partial charge on any atom is -0.378 e. The van der Waals surface area contributed by atoms with Gasteiger partial charge in [-0.25, -0.2) is 0 Å². The van der Waals surface area contributed by atoms with E-state index in [1.165, 1.54) is 6.42 Å². The van der Waals surface area contributed by atoms with Crippen molar-refractivity contribution in [1.29, 1.82) is 0 Å². The number of piperidine rings is 1. The maximum atomic E-state index is 11.3. The van der Waals surface area contributed by atoms with Crippen LogP contribution in [-0.2, 0) is 9.53 Å². The summed E-state index contributed by atoms with van der Waals surface area (Å²) in [5, 5.41) is 0. The van der Waals surface area contributed by atoms with E-state index in [4.69, 9.17) is 4.74 Å². The molecule has 3 heteroatoms. The first-order chi connectivity index (χ1) is 7.16. The third-order valence-electron chi connectivity index (χ3n) is 3.83. The first kappa shape index (κ1) is 11.1. The summed E-state index contributed by atoms with van der Waals surface area (Å²) in [6, 6.07) is 0.430. The highest BCUT2D eigenvalue weighted by Crippen LogP contribution is 2.24. The smallest absolute Gasteiger partial charge is 0.135 e. The van der Waals surface area contributed by atoms with E-state index in [0.29, 0.717) is 23.8 Å². The van der Waals surface area contributed by atoms with E-state index >= 15 is 0 Å². The van der Waals surface area contributed by atoms with Gasteiger partial charge in [0.15, 0.2) is 0 Å². The van der Waals surface area contributed by atoms with Gasteiger partial charge in [-0.1, -0.05) is 0 Å². The van der Waals surface area contributed by atoms with Crippen molar-refractivity contribution in [3.63, 3.8) is 0 Å². The van der Waals surface area contributed by atoms with Crippen molar-refractivity contribution in [2.75, 3.05) is 19.7 Å². The number of carbonyl (C=O) groups excluding carboxylic acids is 1. The molecule has 15 heavy (non-hydrogen) atoms. The molecule has 0 aromatic rings. The first-order valence-corrected chi connectivity index (χ1v) is 6.04. The lowest BCUT2D eigenvalue weighted by atomic mass is 9.97. The van der Waals surface area contributed by atoms with Gasteiger partial charge in [-0.05, 0) is 26.2 Å². The Labute approximate surface area is 91.8 Å². The van der Waals surface area contributed by atoms with Gasteiger partial charge in [-0.15, -0.1) is 0 Å². The van der Waals surface area contributed by atoms with Crippen LogP contribution in [0.1, 0.15) is 33.1 Å². The lowest BCUT2D eigenvalue weighted by molar-refractivity contribution is -0.123. The monoisotopic (exact) mass is 211 g/mol. The van der Waals surface area contributed by atoms with Crippen molar-refractivity contribution in [1.82, 2.24) is 4.90 Å². The zero-order chi connectivity index (χ0) is 10.8. The largest absolute Gasteiger partial charge is 0.378 e. The molecule has 0 bridgehead atoms. The highest BCUT2D eigenvalue weighted by atomic mass is 16.5. The molecule has 2 fully saturated rings. The van der Waals surface area contributed by atoms with Crippen LogP contribution in [0.4, 0.5) is 0 Å². The Morgan fingerprint density at radius 1 is 1.47 bits per heavy atom. The maximum Gasteiger partial charge on any atom is 0.135 e. The van der Waals surface area contributed by atoms with E-state index in [1.807, 2.05) is 0 Å². The van der Waals surface area contributed by atoms with E-state index in [0.717, 1.165) is 32.5 Å². The van der Waals surface area contributed by atoms with Gasteiger partial charge in [0.1, 0.15) is 5.78 Å². The normalized spacial score (nSPS) is 38.5. The molecule has 0 aromatic carbocycles. The van der Waals surface area contributed by atoms with Crippen LogP contribution >= 0.6 is 0 Å². The summed E-state index contributed by atoms with van der Waals surface area (Å²) in [6.45, 7) is 7.29. The highest BCUT2D eigenvalue weighted by molar-refractivity contribution is 5.79. The Morgan fingerprint density at radius 2 is 2.27 bits per heavy atom. The lowest BCUT2D eigenvalue weighted by Gasteiger charge is -2.35. The zero-order valence-corrected chi connectivity index (χ0v) is 9.74. The molecule has 86 valence electrons. The molecule has 0 aliphatic carbocycles. The number of ether oxygens (including phenoxy) is 1. The number of nitrogens with zero attached hydrogens (tertiary/aromatic N) is 1. The molecule has 3 atom stereocenters. The van der Waals surface area contributed by atoms with E-state index < -0.39 is 0 Å². The second-order valence-corrected chi connectivity index (χ2v) is 4.96. The van der Waals surface area contributed by atoms with Crippen molar-refractivity contribution in [2.24, 2.45) is 5.92 Å². The van der Waals surface area contributed by atoms with Crippen molar-refractivity contribution < 1.29 is 9.53 Å². The number of ketones is 1. The molecule has 0 radical (unpaired) electrons. The van der Waals surface area contributed by atoms with Gasteiger partial charge >= 0.3 is 0 Å². The molecule has 0 spiro atoms. The molecule has 3 nitrogen and oxygen atoms in total. The number of hydrogen-bond acceptors (Lipinski definition) is 3. The molecule has 0 N–H and O–H groups in total. The van der Waals surface area contributed by atoms with Crippen molar-refractivity contribution >= 4 is 5.78 Å². The van der Waals surface area contributed by atoms with Crippen LogP contribution in [0.2, 0.25) is 0 Å². The number of likely N-dealkylation sites (tertiary alicyclic amines) is 1. The Balaban J connectivity index is 1.86. The zero-order valence-electron chi connectivity index (χ0n) is 9.74. The van der Waals surface area contributed by atoms with Gasteiger partial charge in [0.25, 0.3) is 0 Å². The molecule has 3 unspecified atom stereocenters. The fraction of sp³-hybridized carbons (Fsp3) is 0.917. The summed E-state index contributed by atoms with van der Waals surface area (Å²) >= 11 is 0. The van der Waals surface area contributed by atoms with Crippen LogP contribution in [-0.4, -0.2) is 42.5 Å².